The Morgan fingerprint density at radius 2 is 0.953 bits per heavy atom. The molecular weight excluding hydrogens is 524 g/mol. The zero-order chi connectivity index (χ0) is 28.6. The van der Waals surface area contributed by atoms with Crippen LogP contribution in [-0.4, -0.2) is 20.0 Å². The molecule has 2 heterocycles. The summed E-state index contributed by atoms with van der Waals surface area (Å²) in [6, 6.07) is 51.0. The number of fused-ring (bicyclic) bond motifs is 3. The van der Waals surface area contributed by atoms with Gasteiger partial charge in [-0.3, -0.25) is 4.98 Å². The van der Waals surface area contributed by atoms with E-state index in [-0.39, 0.29) is 0 Å². The Morgan fingerprint density at radius 1 is 0.419 bits per heavy atom. The van der Waals surface area contributed by atoms with E-state index in [4.69, 9.17) is 10.2 Å². The van der Waals surface area contributed by atoms with E-state index in [1.165, 1.54) is 22.3 Å². The number of rotatable bonds is 5. The lowest BCUT2D eigenvalue weighted by molar-refractivity contribution is 0.766. The lowest BCUT2D eigenvalue weighted by Gasteiger charge is -2.09. The third-order valence-electron chi connectivity index (χ3n) is 8.01. The first kappa shape index (κ1) is 24.9. The zero-order valence-corrected chi connectivity index (χ0v) is 23.3. The Hall–Kier alpha value is -5.87. The van der Waals surface area contributed by atoms with Crippen LogP contribution < -0.4 is 0 Å². The van der Waals surface area contributed by atoms with Crippen LogP contribution in [0.15, 0.2) is 158 Å². The summed E-state index contributed by atoms with van der Waals surface area (Å²) in [4.78, 5) is 5.97. The second kappa shape index (κ2) is 10.5. The smallest absolute Gasteiger partial charge is 0.121 e. The Kier molecular flexibility index (Phi) is 6.08. The molecule has 4 heteroatoms. The van der Waals surface area contributed by atoms with Crippen molar-refractivity contribution in [3.8, 4) is 50.2 Å². The zero-order valence-electron chi connectivity index (χ0n) is 23.3. The van der Waals surface area contributed by atoms with Gasteiger partial charge in [-0.1, -0.05) is 121 Å². The summed E-state index contributed by atoms with van der Waals surface area (Å²) in [6.07, 6.45) is 3.66. The molecular formula is C39H26N4. The summed E-state index contributed by atoms with van der Waals surface area (Å²) >= 11 is 0. The molecule has 0 aliphatic rings. The first-order valence-electron chi connectivity index (χ1n) is 14.4. The molecule has 0 spiro atoms. The average Bonchev–Trinajstić information content (AvgIpc) is 3.54. The quantitative estimate of drug-likeness (QED) is 0.214. The topological polar surface area (TPSA) is 43.6 Å². The van der Waals surface area contributed by atoms with Crippen LogP contribution in [-0.2, 0) is 0 Å². The predicted octanol–water partition coefficient (Wildman–Crippen LogP) is 9.64. The third-order valence-corrected chi connectivity index (χ3v) is 8.01. The van der Waals surface area contributed by atoms with Crippen LogP contribution in [0, 0.1) is 0 Å². The van der Waals surface area contributed by atoms with Crippen molar-refractivity contribution in [1.29, 1.82) is 0 Å². The second-order valence-corrected chi connectivity index (χ2v) is 10.6. The van der Waals surface area contributed by atoms with E-state index in [9.17, 15) is 0 Å². The van der Waals surface area contributed by atoms with Gasteiger partial charge in [0.1, 0.15) is 11.0 Å². The Morgan fingerprint density at radius 3 is 1.60 bits per heavy atom. The largest absolute Gasteiger partial charge is 0.264 e. The van der Waals surface area contributed by atoms with Crippen LogP contribution >= 0.6 is 0 Å². The van der Waals surface area contributed by atoms with Gasteiger partial charge in [0.2, 0.25) is 0 Å². The molecule has 8 rings (SSSR count). The maximum atomic E-state index is 4.92. The van der Waals surface area contributed by atoms with E-state index in [0.717, 1.165) is 49.7 Å². The van der Waals surface area contributed by atoms with Gasteiger partial charge in [-0.15, -0.1) is 10.2 Å². The van der Waals surface area contributed by atoms with Crippen LogP contribution in [0.2, 0.25) is 0 Å². The Bertz CT molecular complexity index is 2180. The van der Waals surface area contributed by atoms with Gasteiger partial charge in [-0.2, -0.15) is 4.80 Å². The highest BCUT2D eigenvalue weighted by molar-refractivity contribution is 6.11. The van der Waals surface area contributed by atoms with Crippen molar-refractivity contribution in [1.82, 2.24) is 20.0 Å². The minimum atomic E-state index is 0.866. The van der Waals surface area contributed by atoms with Crippen LogP contribution in [0.5, 0.6) is 0 Å². The molecule has 6 aromatic carbocycles. The average molecular weight is 551 g/mol. The molecule has 202 valence electrons. The van der Waals surface area contributed by atoms with E-state index < -0.39 is 0 Å². The first-order chi connectivity index (χ1) is 21.3. The fraction of sp³-hybridized carbons (Fsp3) is 0. The van der Waals surface area contributed by atoms with Gasteiger partial charge in [0.05, 0.1) is 5.69 Å². The molecule has 0 atom stereocenters. The molecule has 0 saturated heterocycles. The molecule has 43 heavy (non-hydrogen) atoms. The lowest BCUT2D eigenvalue weighted by Crippen LogP contribution is -1.98. The highest BCUT2D eigenvalue weighted by atomic mass is 15.5. The van der Waals surface area contributed by atoms with Crippen molar-refractivity contribution >= 4 is 21.8 Å². The summed E-state index contributed by atoms with van der Waals surface area (Å²) in [5.74, 6) is 0. The summed E-state index contributed by atoms with van der Waals surface area (Å²) in [6.45, 7) is 0. The summed E-state index contributed by atoms with van der Waals surface area (Å²) in [5, 5.41) is 12.1. The molecule has 0 saturated carbocycles. The van der Waals surface area contributed by atoms with E-state index in [1.807, 2.05) is 18.3 Å². The van der Waals surface area contributed by atoms with Gasteiger partial charge in [-0.25, -0.2) is 0 Å². The molecule has 2 aromatic heterocycles. The molecule has 0 fully saturated rings. The number of nitrogens with zero attached hydrogens (tertiary/aromatic N) is 4. The molecule has 0 amide bonds. The maximum Gasteiger partial charge on any atom is 0.121 e. The molecule has 4 nitrogen and oxygen atoms in total. The van der Waals surface area contributed by atoms with Gasteiger partial charge in [0.15, 0.2) is 0 Å². The predicted molar refractivity (Wildman–Crippen MR) is 176 cm³/mol. The van der Waals surface area contributed by atoms with Crippen LogP contribution in [0.3, 0.4) is 0 Å². The maximum absolute atomic E-state index is 4.92. The van der Waals surface area contributed by atoms with E-state index >= 15 is 0 Å². The molecule has 0 N–H and O–H groups in total. The van der Waals surface area contributed by atoms with Gasteiger partial charge >= 0.3 is 0 Å². The minimum absolute atomic E-state index is 0.866. The standard InChI is InChI=1S/C39H26N4/c1-2-7-27(8-3-1)28-12-14-29(15-13-28)30-16-18-32(19-17-30)37-25-38-39(36-11-5-4-10-35(36)37)42-43(41-38)34-22-20-31(21-23-34)33-9-6-24-40-26-33/h1-26H. The summed E-state index contributed by atoms with van der Waals surface area (Å²) in [5.41, 5.74) is 12.0. The lowest BCUT2D eigenvalue weighted by atomic mass is 9.95. The normalized spacial score (nSPS) is 11.3. The number of aromatic nitrogens is 4. The Labute approximate surface area is 249 Å². The van der Waals surface area contributed by atoms with Gasteiger partial charge in [0, 0.05) is 17.8 Å². The Balaban J connectivity index is 1.14. The van der Waals surface area contributed by atoms with Crippen molar-refractivity contribution in [2.24, 2.45) is 0 Å². The second-order valence-electron chi connectivity index (χ2n) is 10.6. The molecule has 0 unspecified atom stereocenters. The summed E-state index contributed by atoms with van der Waals surface area (Å²) < 4.78 is 0. The van der Waals surface area contributed by atoms with E-state index in [1.54, 1.807) is 11.0 Å². The van der Waals surface area contributed by atoms with Crippen molar-refractivity contribution in [2.45, 2.75) is 0 Å². The van der Waals surface area contributed by atoms with Crippen molar-refractivity contribution in [3.05, 3.63) is 158 Å². The number of benzene rings is 6. The molecule has 0 radical (unpaired) electrons. The highest BCUT2D eigenvalue weighted by Gasteiger charge is 2.14. The third kappa shape index (κ3) is 4.65. The fourth-order valence-electron chi connectivity index (χ4n) is 5.75. The monoisotopic (exact) mass is 550 g/mol. The molecule has 0 aliphatic heterocycles. The molecule has 0 bridgehead atoms. The van der Waals surface area contributed by atoms with E-state index in [0.29, 0.717) is 0 Å². The summed E-state index contributed by atoms with van der Waals surface area (Å²) in [7, 11) is 0. The van der Waals surface area contributed by atoms with Crippen molar-refractivity contribution in [3.63, 3.8) is 0 Å². The van der Waals surface area contributed by atoms with E-state index in [2.05, 4.69) is 138 Å². The minimum Gasteiger partial charge on any atom is -0.264 e. The highest BCUT2D eigenvalue weighted by Crippen LogP contribution is 2.35. The van der Waals surface area contributed by atoms with Crippen LogP contribution in [0.25, 0.3) is 72.0 Å². The first-order valence-corrected chi connectivity index (χ1v) is 14.4. The van der Waals surface area contributed by atoms with Crippen LogP contribution in [0.1, 0.15) is 0 Å². The molecule has 0 aliphatic carbocycles. The van der Waals surface area contributed by atoms with Gasteiger partial charge in [0.25, 0.3) is 0 Å². The van der Waals surface area contributed by atoms with Gasteiger partial charge in [-0.05, 0) is 74.2 Å². The number of hydrogen-bond acceptors (Lipinski definition) is 3. The van der Waals surface area contributed by atoms with Crippen LogP contribution in [0.4, 0.5) is 0 Å². The SMILES string of the molecule is c1ccc(-c2ccc(-c3ccc(-c4cc5nn(-c6ccc(-c7cccnc7)cc6)nc5c5ccccc45)cc3)cc2)cc1. The van der Waals surface area contributed by atoms with Crippen molar-refractivity contribution in [2.75, 3.05) is 0 Å². The fourth-order valence-corrected chi connectivity index (χ4v) is 5.75. The van der Waals surface area contributed by atoms with Gasteiger partial charge < -0.3 is 0 Å². The van der Waals surface area contributed by atoms with Crippen molar-refractivity contribution < 1.29 is 0 Å². The number of hydrogen-bond donors (Lipinski definition) is 0. The molecule has 8 aromatic rings. The number of pyridine rings is 1.